The Labute approximate surface area is 111 Å². The molecule has 1 aliphatic rings. The minimum absolute atomic E-state index is 0.219. The summed E-state index contributed by atoms with van der Waals surface area (Å²) in [7, 11) is 0. The number of nitrogens with one attached hydrogen (secondary N) is 1. The quantitative estimate of drug-likeness (QED) is 0.837. The molecule has 4 heteroatoms. The summed E-state index contributed by atoms with van der Waals surface area (Å²) in [4.78, 5) is 4.07. The van der Waals surface area contributed by atoms with Gasteiger partial charge < -0.3 is 10.1 Å². The molecule has 3 rings (SSSR count). The number of hydrogen-bond acceptors (Lipinski definition) is 3. The van der Waals surface area contributed by atoms with Crippen molar-refractivity contribution < 1.29 is 4.74 Å². The third-order valence-corrected chi connectivity index (χ3v) is 3.35. The number of pyridine rings is 1. The molecule has 3 nitrogen and oxygen atoms in total. The summed E-state index contributed by atoms with van der Waals surface area (Å²) < 4.78 is 5.63. The van der Waals surface area contributed by atoms with E-state index in [-0.39, 0.29) is 6.04 Å². The fourth-order valence-electron chi connectivity index (χ4n) is 2.17. The Morgan fingerprint density at radius 1 is 1.22 bits per heavy atom. The maximum absolute atomic E-state index is 6.07. The molecule has 0 spiro atoms. The van der Waals surface area contributed by atoms with Crippen molar-refractivity contribution in [1.29, 1.82) is 0 Å². The van der Waals surface area contributed by atoms with E-state index in [0.717, 1.165) is 17.9 Å². The first-order valence-electron chi connectivity index (χ1n) is 5.93. The molecule has 2 heterocycles. The van der Waals surface area contributed by atoms with E-state index < -0.39 is 0 Å². The molecular formula is C14H13ClN2O. The van der Waals surface area contributed by atoms with Gasteiger partial charge in [0.25, 0.3) is 0 Å². The number of anilines is 1. The van der Waals surface area contributed by atoms with Crippen LogP contribution in [0.2, 0.25) is 5.15 Å². The van der Waals surface area contributed by atoms with Gasteiger partial charge in [-0.15, -0.1) is 0 Å². The number of rotatable bonds is 2. The van der Waals surface area contributed by atoms with Gasteiger partial charge in [0.1, 0.15) is 5.75 Å². The molecule has 1 unspecified atom stereocenters. The highest BCUT2D eigenvalue weighted by molar-refractivity contribution is 6.31. The molecule has 1 aromatic heterocycles. The van der Waals surface area contributed by atoms with E-state index in [1.807, 2.05) is 30.3 Å². The lowest BCUT2D eigenvalue weighted by Gasteiger charge is -2.27. The number of fused-ring (bicyclic) bond motifs is 1. The van der Waals surface area contributed by atoms with Crippen LogP contribution in [0, 0.1) is 0 Å². The number of nitrogens with zero attached hydrogens (tertiary/aromatic N) is 1. The van der Waals surface area contributed by atoms with Crippen LogP contribution < -0.4 is 10.1 Å². The molecule has 0 aliphatic carbocycles. The first kappa shape index (κ1) is 11.4. The predicted molar refractivity (Wildman–Crippen MR) is 72.2 cm³/mol. The Hall–Kier alpha value is -1.74. The van der Waals surface area contributed by atoms with Crippen molar-refractivity contribution in [1.82, 2.24) is 4.98 Å². The maximum atomic E-state index is 6.07. The minimum Gasteiger partial charge on any atom is -0.493 e. The van der Waals surface area contributed by atoms with Gasteiger partial charge in [0, 0.05) is 18.2 Å². The van der Waals surface area contributed by atoms with E-state index in [1.165, 1.54) is 5.56 Å². The number of para-hydroxylation sites is 1. The highest BCUT2D eigenvalue weighted by Crippen LogP contribution is 2.35. The zero-order valence-corrected chi connectivity index (χ0v) is 10.5. The minimum atomic E-state index is 0.219. The van der Waals surface area contributed by atoms with Gasteiger partial charge in [-0.3, -0.25) is 0 Å². The molecule has 0 saturated carbocycles. The summed E-state index contributed by atoms with van der Waals surface area (Å²) in [6.07, 6.45) is 2.60. The highest BCUT2D eigenvalue weighted by Gasteiger charge is 2.21. The van der Waals surface area contributed by atoms with E-state index in [1.54, 1.807) is 6.20 Å². The Morgan fingerprint density at radius 2 is 2.11 bits per heavy atom. The number of benzene rings is 1. The van der Waals surface area contributed by atoms with Crippen LogP contribution in [0.4, 0.5) is 5.69 Å². The van der Waals surface area contributed by atoms with E-state index in [4.69, 9.17) is 16.3 Å². The summed E-state index contributed by atoms with van der Waals surface area (Å²) in [5.41, 5.74) is 2.03. The first-order valence-corrected chi connectivity index (χ1v) is 6.31. The van der Waals surface area contributed by atoms with Crippen LogP contribution in [0.3, 0.4) is 0 Å². The SMILES string of the molecule is Clc1ncccc1NC1CCOc2ccccc21. The average molecular weight is 261 g/mol. The molecule has 0 saturated heterocycles. The molecule has 0 radical (unpaired) electrons. The van der Waals surface area contributed by atoms with Gasteiger partial charge in [0.05, 0.1) is 18.3 Å². The van der Waals surface area contributed by atoms with Crippen molar-refractivity contribution in [3.05, 3.63) is 53.3 Å². The first-order chi connectivity index (χ1) is 8.84. The smallest absolute Gasteiger partial charge is 0.152 e. The number of aromatic nitrogens is 1. The molecule has 2 aromatic rings. The van der Waals surface area contributed by atoms with Crippen LogP contribution in [-0.4, -0.2) is 11.6 Å². The molecule has 1 aromatic carbocycles. The van der Waals surface area contributed by atoms with Crippen LogP contribution in [0.1, 0.15) is 18.0 Å². The van der Waals surface area contributed by atoms with Crippen LogP contribution in [-0.2, 0) is 0 Å². The second-order valence-corrected chi connectivity index (χ2v) is 4.57. The lowest BCUT2D eigenvalue weighted by molar-refractivity contribution is 0.274. The summed E-state index contributed by atoms with van der Waals surface area (Å²) in [5.74, 6) is 0.946. The van der Waals surface area contributed by atoms with E-state index in [2.05, 4.69) is 16.4 Å². The monoisotopic (exact) mass is 260 g/mol. The van der Waals surface area contributed by atoms with Gasteiger partial charge in [0.2, 0.25) is 0 Å². The third kappa shape index (κ3) is 2.14. The Balaban J connectivity index is 1.89. The zero-order chi connectivity index (χ0) is 12.4. The summed E-state index contributed by atoms with van der Waals surface area (Å²) in [6, 6.07) is 12.1. The Bertz CT molecular complexity index is 559. The van der Waals surface area contributed by atoms with Crippen molar-refractivity contribution in [3.8, 4) is 5.75 Å². The number of halogens is 1. The van der Waals surface area contributed by atoms with Gasteiger partial charge in [0.15, 0.2) is 5.15 Å². The lowest BCUT2D eigenvalue weighted by atomic mass is 10.0. The van der Waals surface area contributed by atoms with E-state index in [0.29, 0.717) is 11.8 Å². The van der Waals surface area contributed by atoms with Crippen LogP contribution >= 0.6 is 11.6 Å². The molecule has 0 amide bonds. The summed E-state index contributed by atoms with van der Waals surface area (Å²) >= 11 is 6.07. The molecule has 0 bridgehead atoms. The van der Waals surface area contributed by atoms with Crippen LogP contribution in [0.15, 0.2) is 42.6 Å². The largest absolute Gasteiger partial charge is 0.493 e. The Morgan fingerprint density at radius 3 is 3.00 bits per heavy atom. The third-order valence-electron chi connectivity index (χ3n) is 3.05. The lowest BCUT2D eigenvalue weighted by Crippen LogP contribution is -2.20. The second-order valence-electron chi connectivity index (χ2n) is 4.21. The fraction of sp³-hybridized carbons (Fsp3) is 0.214. The number of hydrogen-bond donors (Lipinski definition) is 1. The second kappa shape index (κ2) is 4.86. The molecule has 1 atom stereocenters. The molecule has 92 valence electrons. The van der Waals surface area contributed by atoms with Crippen LogP contribution in [0.25, 0.3) is 0 Å². The van der Waals surface area contributed by atoms with Crippen molar-refractivity contribution in [3.63, 3.8) is 0 Å². The molecule has 0 fully saturated rings. The Kier molecular flexibility index (Phi) is 3.07. The van der Waals surface area contributed by atoms with E-state index >= 15 is 0 Å². The average Bonchev–Trinajstić information content (AvgIpc) is 2.42. The van der Waals surface area contributed by atoms with Gasteiger partial charge in [-0.25, -0.2) is 4.98 Å². The molecular weight excluding hydrogens is 248 g/mol. The van der Waals surface area contributed by atoms with Crippen molar-refractivity contribution in [2.24, 2.45) is 0 Å². The zero-order valence-electron chi connectivity index (χ0n) is 9.77. The van der Waals surface area contributed by atoms with Crippen molar-refractivity contribution >= 4 is 17.3 Å². The van der Waals surface area contributed by atoms with Gasteiger partial charge in [-0.2, -0.15) is 0 Å². The maximum Gasteiger partial charge on any atom is 0.152 e. The van der Waals surface area contributed by atoms with Crippen molar-refractivity contribution in [2.75, 3.05) is 11.9 Å². The molecule has 1 N–H and O–H groups in total. The fourth-order valence-corrected chi connectivity index (χ4v) is 2.35. The van der Waals surface area contributed by atoms with Gasteiger partial charge in [-0.05, 0) is 18.2 Å². The van der Waals surface area contributed by atoms with Gasteiger partial charge in [-0.1, -0.05) is 29.8 Å². The summed E-state index contributed by atoms with van der Waals surface area (Å²) in [5, 5.41) is 3.93. The summed E-state index contributed by atoms with van der Waals surface area (Å²) in [6.45, 7) is 0.715. The highest BCUT2D eigenvalue weighted by atomic mass is 35.5. The normalized spacial score (nSPS) is 17.7. The van der Waals surface area contributed by atoms with Gasteiger partial charge >= 0.3 is 0 Å². The van der Waals surface area contributed by atoms with Crippen molar-refractivity contribution in [2.45, 2.75) is 12.5 Å². The standard InChI is InChI=1S/C14H13ClN2O/c15-14-12(5-3-8-16-14)17-11-7-9-18-13-6-2-1-4-10(11)13/h1-6,8,11,17H,7,9H2. The van der Waals surface area contributed by atoms with Crippen LogP contribution in [0.5, 0.6) is 5.75 Å². The number of ether oxygens (including phenoxy) is 1. The predicted octanol–water partition coefficient (Wildman–Crippen LogP) is 3.67. The topological polar surface area (TPSA) is 34.2 Å². The van der Waals surface area contributed by atoms with E-state index in [9.17, 15) is 0 Å². The molecule has 18 heavy (non-hydrogen) atoms. The molecule has 1 aliphatic heterocycles.